The van der Waals surface area contributed by atoms with E-state index >= 15 is 0 Å². The number of halogens is 2. The van der Waals surface area contributed by atoms with Crippen molar-refractivity contribution < 1.29 is 18.8 Å². The van der Waals surface area contributed by atoms with E-state index < -0.39 is 35.3 Å². The predicted molar refractivity (Wildman–Crippen MR) is 130 cm³/mol. The van der Waals surface area contributed by atoms with Crippen LogP contribution < -0.4 is 5.32 Å². The number of fused-ring (bicyclic) bond motifs is 2. The molecule has 3 amide bonds. The average molecular weight is 497 g/mol. The number of benzene rings is 2. The summed E-state index contributed by atoms with van der Waals surface area (Å²) in [6.07, 6.45) is -0.334. The van der Waals surface area contributed by atoms with Gasteiger partial charge in [-0.05, 0) is 42.2 Å². The predicted octanol–water partition coefficient (Wildman–Crippen LogP) is 4.33. The molecule has 1 N–H and O–H groups in total. The number of hydrogen-bond acceptors (Lipinski definition) is 3. The van der Waals surface area contributed by atoms with Gasteiger partial charge in [-0.15, -0.1) is 0 Å². The van der Waals surface area contributed by atoms with E-state index in [9.17, 15) is 18.8 Å². The van der Waals surface area contributed by atoms with Gasteiger partial charge < -0.3 is 10.2 Å². The van der Waals surface area contributed by atoms with E-state index in [0.717, 1.165) is 17.7 Å². The van der Waals surface area contributed by atoms with E-state index in [1.54, 1.807) is 6.07 Å². The fraction of sp³-hybridized carbons (Fsp3) is 0.385. The van der Waals surface area contributed by atoms with Crippen molar-refractivity contribution in [1.82, 2.24) is 9.80 Å². The topological polar surface area (TPSA) is 74.1 Å². The average Bonchev–Trinajstić information content (AvgIpc) is 3.33. The quantitative estimate of drug-likeness (QED) is 0.626. The van der Waals surface area contributed by atoms with Crippen molar-refractivity contribution in [2.24, 2.45) is 5.92 Å². The Labute approximate surface area is 208 Å². The fourth-order valence-corrected chi connectivity index (χ4v) is 5.26. The van der Waals surface area contributed by atoms with Crippen LogP contribution in [0.2, 0.25) is 5.02 Å². The first kappa shape index (κ1) is 24.7. The third kappa shape index (κ3) is 4.37. The van der Waals surface area contributed by atoms with Crippen LogP contribution in [0.25, 0.3) is 4.85 Å². The number of carbonyl (C=O) groups is 3. The molecule has 1 spiro atoms. The van der Waals surface area contributed by atoms with E-state index in [1.165, 1.54) is 22.9 Å². The second-order valence-corrected chi connectivity index (χ2v) is 10.0. The Morgan fingerprint density at radius 1 is 1.31 bits per heavy atom. The van der Waals surface area contributed by atoms with Gasteiger partial charge in [0, 0.05) is 29.9 Å². The molecule has 2 aromatic carbocycles. The molecule has 4 rings (SSSR count). The molecule has 182 valence electrons. The summed E-state index contributed by atoms with van der Waals surface area (Å²) >= 11 is 5.93. The highest BCUT2D eigenvalue weighted by Gasteiger charge is 2.59. The standard InChI is InChI=1S/C26H26ClFN4O3/c1-15(2)9-21(31(4)23(33)16-10-17(27)12-18(28)11-16)24(34)32-14-26(13-22(32)29-3)19-7-5-6-8-20(19)30-25(26)35/h5-8,10-12,15,21-22H,9,13-14H2,1-2,4H3,(H,30,35)/t21-,22-,26-/m0/s1. The van der Waals surface area contributed by atoms with E-state index in [2.05, 4.69) is 10.2 Å². The Kier molecular flexibility index (Phi) is 6.56. The van der Waals surface area contributed by atoms with Crippen molar-refractivity contribution in [1.29, 1.82) is 0 Å². The molecule has 1 fully saturated rings. The number of para-hydroxylation sites is 1. The highest BCUT2D eigenvalue weighted by atomic mass is 35.5. The summed E-state index contributed by atoms with van der Waals surface area (Å²) in [5.41, 5.74) is 0.475. The van der Waals surface area contributed by atoms with E-state index in [-0.39, 0.29) is 35.4 Å². The van der Waals surface area contributed by atoms with Crippen LogP contribution in [0.4, 0.5) is 10.1 Å². The summed E-state index contributed by atoms with van der Waals surface area (Å²) < 4.78 is 13.9. The third-order valence-electron chi connectivity index (χ3n) is 6.77. The Hall–Kier alpha value is -3.44. The van der Waals surface area contributed by atoms with E-state index in [0.29, 0.717) is 12.1 Å². The molecule has 2 aromatic rings. The van der Waals surface area contributed by atoms with Gasteiger partial charge in [-0.2, -0.15) is 0 Å². The van der Waals surface area contributed by atoms with Gasteiger partial charge in [0.2, 0.25) is 5.91 Å². The Morgan fingerprint density at radius 2 is 2.03 bits per heavy atom. The van der Waals surface area contributed by atoms with Crippen LogP contribution in [0.3, 0.4) is 0 Å². The van der Waals surface area contributed by atoms with Crippen molar-refractivity contribution in [2.45, 2.75) is 44.3 Å². The minimum atomic E-state index is -1.01. The number of rotatable bonds is 5. The van der Waals surface area contributed by atoms with Crippen LogP contribution in [0, 0.1) is 18.3 Å². The summed E-state index contributed by atoms with van der Waals surface area (Å²) in [6, 6.07) is 9.93. The van der Waals surface area contributed by atoms with Gasteiger partial charge in [-0.3, -0.25) is 24.1 Å². The molecule has 35 heavy (non-hydrogen) atoms. The highest BCUT2D eigenvalue weighted by molar-refractivity contribution is 6.31. The molecule has 2 heterocycles. The molecule has 0 bridgehead atoms. The number of anilines is 1. The lowest BCUT2D eigenvalue weighted by Crippen LogP contribution is -2.51. The molecule has 3 atom stereocenters. The zero-order valence-corrected chi connectivity index (χ0v) is 20.5. The number of nitrogens with one attached hydrogen (secondary N) is 1. The zero-order chi connectivity index (χ0) is 25.5. The smallest absolute Gasteiger partial charge is 0.302 e. The van der Waals surface area contributed by atoms with Gasteiger partial charge in [0.1, 0.15) is 17.3 Å². The molecule has 0 unspecified atom stereocenters. The van der Waals surface area contributed by atoms with Gasteiger partial charge in [0.05, 0.1) is 6.42 Å². The first-order chi connectivity index (χ1) is 16.6. The summed E-state index contributed by atoms with van der Waals surface area (Å²) in [5.74, 6) is -1.80. The zero-order valence-electron chi connectivity index (χ0n) is 19.7. The lowest BCUT2D eigenvalue weighted by atomic mass is 9.80. The van der Waals surface area contributed by atoms with Gasteiger partial charge >= 0.3 is 6.17 Å². The Balaban J connectivity index is 1.66. The molecule has 9 heteroatoms. The van der Waals surface area contributed by atoms with Crippen LogP contribution in [0.1, 0.15) is 42.6 Å². The van der Waals surface area contributed by atoms with E-state index in [4.69, 9.17) is 18.2 Å². The summed E-state index contributed by atoms with van der Waals surface area (Å²) in [4.78, 5) is 46.5. The number of nitrogens with zero attached hydrogens (tertiary/aromatic N) is 3. The minimum Gasteiger partial charge on any atom is -0.330 e. The SMILES string of the molecule is [C-]#[N+][C@@H]1C[C@@]2(CN1C(=O)[C@H](CC(C)C)N(C)C(=O)c1cc(F)cc(Cl)c1)C(=O)Nc1ccccc12. The fourth-order valence-electron chi connectivity index (χ4n) is 5.04. The monoisotopic (exact) mass is 496 g/mol. The lowest BCUT2D eigenvalue weighted by Gasteiger charge is -2.32. The second kappa shape index (κ2) is 9.31. The summed E-state index contributed by atoms with van der Waals surface area (Å²) in [7, 11) is 1.49. The molecule has 0 aromatic heterocycles. The van der Waals surface area contributed by atoms with Crippen molar-refractivity contribution >= 4 is 35.0 Å². The number of likely N-dealkylation sites (tertiary alicyclic amines) is 1. The highest BCUT2D eigenvalue weighted by Crippen LogP contribution is 2.47. The first-order valence-corrected chi connectivity index (χ1v) is 11.8. The number of carbonyl (C=O) groups excluding carboxylic acids is 3. The number of amides is 3. The van der Waals surface area contributed by atoms with Crippen LogP contribution >= 0.6 is 11.6 Å². The summed E-state index contributed by atoms with van der Waals surface area (Å²) in [6.45, 7) is 11.6. The number of hydrogen-bond donors (Lipinski definition) is 1. The van der Waals surface area contributed by atoms with Crippen LogP contribution in [-0.4, -0.2) is 53.3 Å². The Bertz CT molecular complexity index is 1220. The molecule has 0 saturated carbocycles. The van der Waals surface area contributed by atoms with Crippen LogP contribution in [0.15, 0.2) is 42.5 Å². The second-order valence-electron chi connectivity index (χ2n) is 9.58. The molecule has 2 aliphatic rings. The van der Waals surface area contributed by atoms with Crippen molar-refractivity contribution in [3.05, 3.63) is 75.8 Å². The first-order valence-electron chi connectivity index (χ1n) is 11.4. The molecule has 2 aliphatic heterocycles. The molecule has 0 radical (unpaired) electrons. The minimum absolute atomic E-state index is 0.0303. The molecule has 0 aliphatic carbocycles. The van der Waals surface area contributed by atoms with Crippen LogP contribution in [0.5, 0.6) is 0 Å². The molecular formula is C26H26ClFN4O3. The van der Waals surface area contributed by atoms with Gasteiger partial charge in [-0.1, -0.05) is 43.6 Å². The third-order valence-corrected chi connectivity index (χ3v) is 6.98. The number of likely N-dealkylation sites (N-methyl/N-ethyl adjacent to an activating group) is 1. The largest absolute Gasteiger partial charge is 0.330 e. The molecular weight excluding hydrogens is 471 g/mol. The maximum atomic E-state index is 13.9. The van der Waals surface area contributed by atoms with Gasteiger partial charge in [0.25, 0.3) is 11.8 Å². The summed E-state index contributed by atoms with van der Waals surface area (Å²) in [5, 5.41) is 2.95. The normalized spacial score (nSPS) is 21.6. The van der Waals surface area contributed by atoms with Crippen LogP contribution in [-0.2, 0) is 15.0 Å². The molecule has 7 nitrogen and oxygen atoms in total. The Morgan fingerprint density at radius 3 is 2.69 bits per heavy atom. The molecule has 1 saturated heterocycles. The lowest BCUT2D eigenvalue weighted by molar-refractivity contribution is -0.136. The maximum absolute atomic E-state index is 13.9. The van der Waals surface area contributed by atoms with Gasteiger partial charge in [0.15, 0.2) is 0 Å². The van der Waals surface area contributed by atoms with Gasteiger partial charge in [-0.25, -0.2) is 11.0 Å². The maximum Gasteiger partial charge on any atom is 0.302 e. The van der Waals surface area contributed by atoms with Crippen molar-refractivity contribution in [2.75, 3.05) is 18.9 Å². The van der Waals surface area contributed by atoms with E-state index in [1.807, 2.05) is 32.0 Å². The van der Waals surface area contributed by atoms with Crippen molar-refractivity contribution in [3.63, 3.8) is 0 Å². The van der Waals surface area contributed by atoms with Crippen molar-refractivity contribution in [3.8, 4) is 0 Å².